The van der Waals surface area contributed by atoms with E-state index in [0.717, 1.165) is 16.7 Å². The van der Waals surface area contributed by atoms with Gasteiger partial charge in [0.05, 0.1) is 5.52 Å². The highest BCUT2D eigenvalue weighted by atomic mass is 16.2. The van der Waals surface area contributed by atoms with Gasteiger partial charge >= 0.3 is 0 Å². The third kappa shape index (κ3) is 3.76. The van der Waals surface area contributed by atoms with Gasteiger partial charge in [-0.3, -0.25) is 9.59 Å². The molecule has 0 aliphatic heterocycles. The normalized spacial score (nSPS) is 11.2. The number of para-hydroxylation sites is 1. The standard InChI is InChI=1S/C18H21N5O2/c1-12(2)14-9-8-13(18(25)20-14)17(24)19-10-5-11-23-16-7-4-3-6-15(16)21-22-23/h3-4,6-9,12H,5,10-11H2,1-2H3,(H,19,24)(H,20,25). The molecule has 7 nitrogen and oxygen atoms in total. The van der Waals surface area contributed by atoms with Crippen molar-refractivity contribution in [2.75, 3.05) is 6.54 Å². The summed E-state index contributed by atoms with van der Waals surface area (Å²) in [5.74, 6) is -0.151. The van der Waals surface area contributed by atoms with Gasteiger partial charge in [-0.1, -0.05) is 31.2 Å². The Morgan fingerprint density at radius 2 is 2.04 bits per heavy atom. The van der Waals surface area contributed by atoms with Crippen molar-refractivity contribution in [1.82, 2.24) is 25.3 Å². The van der Waals surface area contributed by atoms with Crippen LogP contribution in [0.2, 0.25) is 0 Å². The van der Waals surface area contributed by atoms with E-state index in [1.165, 1.54) is 0 Å². The van der Waals surface area contributed by atoms with Gasteiger partial charge in [0.1, 0.15) is 11.1 Å². The van der Waals surface area contributed by atoms with Gasteiger partial charge in [-0.05, 0) is 36.6 Å². The Balaban J connectivity index is 1.55. The van der Waals surface area contributed by atoms with Gasteiger partial charge in [0.2, 0.25) is 0 Å². The van der Waals surface area contributed by atoms with Crippen LogP contribution in [0.5, 0.6) is 0 Å². The number of nitrogens with zero attached hydrogens (tertiary/aromatic N) is 3. The first-order valence-electron chi connectivity index (χ1n) is 8.36. The first kappa shape index (κ1) is 16.9. The van der Waals surface area contributed by atoms with Crippen molar-refractivity contribution in [2.45, 2.75) is 32.7 Å². The van der Waals surface area contributed by atoms with Crippen molar-refractivity contribution in [3.63, 3.8) is 0 Å². The fourth-order valence-electron chi connectivity index (χ4n) is 2.61. The molecule has 0 spiro atoms. The van der Waals surface area contributed by atoms with Crippen LogP contribution in [0.15, 0.2) is 41.2 Å². The van der Waals surface area contributed by atoms with Crippen molar-refractivity contribution >= 4 is 16.9 Å². The lowest BCUT2D eigenvalue weighted by molar-refractivity contribution is 0.0951. The lowest BCUT2D eigenvalue weighted by Crippen LogP contribution is -2.31. The maximum Gasteiger partial charge on any atom is 0.261 e. The van der Waals surface area contributed by atoms with E-state index in [9.17, 15) is 9.59 Å². The third-order valence-electron chi connectivity index (χ3n) is 4.05. The van der Waals surface area contributed by atoms with Crippen LogP contribution in [0.3, 0.4) is 0 Å². The van der Waals surface area contributed by atoms with Crippen molar-refractivity contribution in [3.8, 4) is 0 Å². The molecule has 0 bridgehead atoms. The summed E-state index contributed by atoms with van der Waals surface area (Å²) in [6, 6.07) is 11.1. The van der Waals surface area contributed by atoms with Crippen LogP contribution in [0.1, 0.15) is 42.2 Å². The molecule has 130 valence electrons. The average molecular weight is 339 g/mol. The number of fused-ring (bicyclic) bond motifs is 1. The smallest absolute Gasteiger partial charge is 0.261 e. The molecule has 0 fully saturated rings. The first-order chi connectivity index (χ1) is 12.1. The van der Waals surface area contributed by atoms with E-state index < -0.39 is 0 Å². The molecule has 0 aliphatic carbocycles. The maximum absolute atomic E-state index is 12.2. The molecule has 1 aromatic carbocycles. The van der Waals surface area contributed by atoms with Crippen LogP contribution < -0.4 is 10.9 Å². The van der Waals surface area contributed by atoms with Gasteiger partial charge in [-0.15, -0.1) is 5.10 Å². The average Bonchev–Trinajstić information content (AvgIpc) is 3.01. The zero-order valence-corrected chi connectivity index (χ0v) is 14.3. The number of benzene rings is 1. The van der Waals surface area contributed by atoms with E-state index in [4.69, 9.17) is 0 Å². The highest BCUT2D eigenvalue weighted by molar-refractivity contribution is 5.93. The van der Waals surface area contributed by atoms with Gasteiger partial charge in [0.25, 0.3) is 11.5 Å². The zero-order chi connectivity index (χ0) is 17.8. The number of amides is 1. The van der Waals surface area contributed by atoms with Crippen molar-refractivity contribution in [2.24, 2.45) is 0 Å². The van der Waals surface area contributed by atoms with Crippen LogP contribution in [0.25, 0.3) is 11.0 Å². The van der Waals surface area contributed by atoms with E-state index in [1.54, 1.807) is 12.1 Å². The number of hydrogen-bond donors (Lipinski definition) is 2. The van der Waals surface area contributed by atoms with Crippen molar-refractivity contribution in [3.05, 3.63) is 58.0 Å². The Kier molecular flexibility index (Phi) is 4.92. The van der Waals surface area contributed by atoms with E-state index in [1.807, 2.05) is 42.8 Å². The fraction of sp³-hybridized carbons (Fsp3) is 0.333. The summed E-state index contributed by atoms with van der Waals surface area (Å²) >= 11 is 0. The summed E-state index contributed by atoms with van der Waals surface area (Å²) in [7, 11) is 0. The molecule has 25 heavy (non-hydrogen) atoms. The van der Waals surface area contributed by atoms with Crippen LogP contribution in [-0.4, -0.2) is 32.4 Å². The Hall–Kier alpha value is -2.96. The predicted octanol–water partition coefficient (Wildman–Crippen LogP) is 2.06. The summed E-state index contributed by atoms with van der Waals surface area (Å²) in [5.41, 5.74) is 2.42. The minimum absolute atomic E-state index is 0.135. The van der Waals surface area contributed by atoms with Crippen LogP contribution in [-0.2, 0) is 6.54 Å². The minimum Gasteiger partial charge on any atom is -0.352 e. The number of aromatic amines is 1. The van der Waals surface area contributed by atoms with Crippen molar-refractivity contribution in [1.29, 1.82) is 0 Å². The number of aryl methyl sites for hydroxylation is 1. The third-order valence-corrected chi connectivity index (χ3v) is 4.05. The number of H-pyrrole nitrogens is 1. The quantitative estimate of drug-likeness (QED) is 0.672. The van der Waals surface area contributed by atoms with Crippen molar-refractivity contribution < 1.29 is 4.79 Å². The second kappa shape index (κ2) is 7.29. The summed E-state index contributed by atoms with van der Waals surface area (Å²) in [5, 5.41) is 11.0. The molecule has 3 aromatic rings. The Labute approximate surface area is 145 Å². The Bertz CT molecular complexity index is 942. The second-order valence-electron chi connectivity index (χ2n) is 6.22. The number of pyridine rings is 1. The zero-order valence-electron chi connectivity index (χ0n) is 14.3. The number of carbonyl (C=O) groups excluding carboxylic acids is 1. The topological polar surface area (TPSA) is 92.7 Å². The van der Waals surface area contributed by atoms with Gasteiger partial charge in [0.15, 0.2) is 0 Å². The first-order valence-corrected chi connectivity index (χ1v) is 8.36. The second-order valence-corrected chi connectivity index (χ2v) is 6.22. The summed E-state index contributed by atoms with van der Waals surface area (Å²) in [6.07, 6.45) is 0.696. The molecular weight excluding hydrogens is 318 g/mol. The number of carbonyl (C=O) groups is 1. The highest BCUT2D eigenvalue weighted by Gasteiger charge is 2.11. The molecule has 2 heterocycles. The van der Waals surface area contributed by atoms with Crippen LogP contribution in [0.4, 0.5) is 0 Å². The largest absolute Gasteiger partial charge is 0.352 e. The highest BCUT2D eigenvalue weighted by Crippen LogP contribution is 2.10. The SMILES string of the molecule is CC(C)c1ccc(C(=O)NCCCn2nnc3ccccc32)c(=O)[nH]1. The van der Waals surface area contributed by atoms with E-state index >= 15 is 0 Å². The van der Waals surface area contributed by atoms with Gasteiger partial charge in [-0.25, -0.2) is 4.68 Å². The monoisotopic (exact) mass is 339 g/mol. The van der Waals surface area contributed by atoms with Gasteiger partial charge in [-0.2, -0.15) is 0 Å². The maximum atomic E-state index is 12.2. The molecule has 2 N–H and O–H groups in total. The molecule has 3 rings (SSSR count). The fourth-order valence-corrected chi connectivity index (χ4v) is 2.61. The molecule has 0 radical (unpaired) electrons. The molecule has 0 saturated carbocycles. The summed E-state index contributed by atoms with van der Waals surface area (Å²) in [4.78, 5) is 26.9. The summed E-state index contributed by atoms with van der Waals surface area (Å²) < 4.78 is 1.81. The van der Waals surface area contributed by atoms with Crippen LogP contribution >= 0.6 is 0 Å². The lowest BCUT2D eigenvalue weighted by Gasteiger charge is -2.08. The number of rotatable bonds is 6. The lowest BCUT2D eigenvalue weighted by atomic mass is 10.1. The molecule has 2 aromatic heterocycles. The molecule has 0 aliphatic rings. The number of nitrogens with one attached hydrogen (secondary N) is 2. The van der Waals surface area contributed by atoms with E-state index in [2.05, 4.69) is 20.6 Å². The molecule has 7 heteroatoms. The van der Waals surface area contributed by atoms with Gasteiger partial charge < -0.3 is 10.3 Å². The predicted molar refractivity (Wildman–Crippen MR) is 95.6 cm³/mol. The molecule has 0 atom stereocenters. The summed E-state index contributed by atoms with van der Waals surface area (Å²) in [6.45, 7) is 5.07. The molecular formula is C18H21N5O2. The van der Waals surface area contributed by atoms with E-state index in [0.29, 0.717) is 19.5 Å². The van der Waals surface area contributed by atoms with E-state index in [-0.39, 0.29) is 22.9 Å². The number of aromatic nitrogens is 4. The molecule has 0 saturated heterocycles. The van der Waals surface area contributed by atoms with Gasteiger partial charge in [0, 0.05) is 18.8 Å². The number of hydrogen-bond acceptors (Lipinski definition) is 4. The Morgan fingerprint density at radius 3 is 2.80 bits per heavy atom. The minimum atomic E-state index is -0.361. The van der Waals surface area contributed by atoms with Crippen LogP contribution in [0, 0.1) is 0 Å². The molecule has 1 amide bonds. The Morgan fingerprint density at radius 1 is 1.24 bits per heavy atom. The molecule has 0 unspecified atom stereocenters.